The molecular formula is C16H12ClN. The summed E-state index contributed by atoms with van der Waals surface area (Å²) >= 11 is 5.89. The van der Waals surface area contributed by atoms with Gasteiger partial charge in [0.15, 0.2) is 0 Å². The summed E-state index contributed by atoms with van der Waals surface area (Å²) in [5.74, 6) is 0. The fourth-order valence-corrected chi connectivity index (χ4v) is 2.35. The van der Waals surface area contributed by atoms with Crippen molar-refractivity contribution in [2.75, 3.05) is 0 Å². The van der Waals surface area contributed by atoms with E-state index >= 15 is 0 Å². The Morgan fingerprint density at radius 3 is 2.33 bits per heavy atom. The number of halogens is 1. The monoisotopic (exact) mass is 253 g/mol. The van der Waals surface area contributed by atoms with Gasteiger partial charge in [-0.3, -0.25) is 0 Å². The topological polar surface area (TPSA) is 23.8 Å². The number of hydrogen-bond donors (Lipinski definition) is 0. The average molecular weight is 254 g/mol. The SMILES string of the molecule is N#CC1(c2cccc(-c3ccc(Cl)cc3)c2)CC1. The molecule has 1 fully saturated rings. The van der Waals surface area contributed by atoms with E-state index in [4.69, 9.17) is 11.6 Å². The zero-order valence-corrected chi connectivity index (χ0v) is 10.6. The van der Waals surface area contributed by atoms with Crippen molar-refractivity contribution < 1.29 is 0 Å². The molecule has 2 heteroatoms. The molecule has 0 heterocycles. The number of benzene rings is 2. The molecule has 18 heavy (non-hydrogen) atoms. The van der Waals surface area contributed by atoms with E-state index in [9.17, 15) is 5.26 Å². The first-order valence-electron chi connectivity index (χ1n) is 6.01. The van der Waals surface area contributed by atoms with Gasteiger partial charge in [-0.25, -0.2) is 0 Å². The Balaban J connectivity index is 2.02. The van der Waals surface area contributed by atoms with Crippen LogP contribution in [0.2, 0.25) is 5.02 Å². The van der Waals surface area contributed by atoms with Crippen LogP contribution >= 0.6 is 11.6 Å². The van der Waals surface area contributed by atoms with Gasteiger partial charge < -0.3 is 0 Å². The lowest BCUT2D eigenvalue weighted by atomic mass is 9.94. The zero-order chi connectivity index (χ0) is 12.6. The molecule has 3 rings (SSSR count). The Kier molecular flexibility index (Phi) is 2.61. The Bertz CT molecular complexity index is 618. The van der Waals surface area contributed by atoms with Crippen LogP contribution in [0.25, 0.3) is 11.1 Å². The van der Waals surface area contributed by atoms with E-state index in [-0.39, 0.29) is 5.41 Å². The summed E-state index contributed by atoms with van der Waals surface area (Å²) in [6.45, 7) is 0. The Hall–Kier alpha value is -1.78. The van der Waals surface area contributed by atoms with E-state index in [2.05, 4.69) is 24.3 Å². The molecule has 0 N–H and O–H groups in total. The molecule has 0 aliphatic heterocycles. The predicted molar refractivity (Wildman–Crippen MR) is 73.4 cm³/mol. The first-order valence-corrected chi connectivity index (χ1v) is 6.39. The number of hydrogen-bond acceptors (Lipinski definition) is 1. The van der Waals surface area contributed by atoms with Crippen molar-refractivity contribution in [3.63, 3.8) is 0 Å². The molecule has 1 aliphatic carbocycles. The molecule has 88 valence electrons. The normalized spacial score (nSPS) is 16.0. The van der Waals surface area contributed by atoms with Crippen LogP contribution in [0.15, 0.2) is 48.5 Å². The van der Waals surface area contributed by atoms with Gasteiger partial charge in [0.05, 0.1) is 11.5 Å². The minimum absolute atomic E-state index is 0.220. The van der Waals surface area contributed by atoms with Gasteiger partial charge in [0.1, 0.15) is 0 Å². The van der Waals surface area contributed by atoms with Gasteiger partial charge in [-0.05, 0) is 47.7 Å². The maximum absolute atomic E-state index is 9.24. The van der Waals surface area contributed by atoms with Crippen LogP contribution in [0.3, 0.4) is 0 Å². The van der Waals surface area contributed by atoms with E-state index in [1.807, 2.05) is 30.3 Å². The molecule has 1 aliphatic rings. The van der Waals surface area contributed by atoms with Crippen LogP contribution in [0.5, 0.6) is 0 Å². The minimum Gasteiger partial charge on any atom is -0.197 e. The summed E-state index contributed by atoms with van der Waals surface area (Å²) in [6, 6.07) is 18.5. The largest absolute Gasteiger partial charge is 0.197 e. The summed E-state index contributed by atoms with van der Waals surface area (Å²) in [4.78, 5) is 0. The minimum atomic E-state index is -0.220. The van der Waals surface area contributed by atoms with Gasteiger partial charge in [-0.2, -0.15) is 5.26 Å². The van der Waals surface area contributed by atoms with Crippen molar-refractivity contribution in [1.29, 1.82) is 5.26 Å². The third-order valence-corrected chi connectivity index (χ3v) is 3.81. The van der Waals surface area contributed by atoms with Crippen LogP contribution in [0, 0.1) is 11.3 Å². The predicted octanol–water partition coefficient (Wildman–Crippen LogP) is 4.56. The van der Waals surface area contributed by atoms with Crippen molar-refractivity contribution >= 4 is 11.6 Å². The highest BCUT2D eigenvalue weighted by atomic mass is 35.5. The molecule has 0 radical (unpaired) electrons. The molecule has 0 spiro atoms. The first kappa shape index (κ1) is 11.3. The van der Waals surface area contributed by atoms with Crippen LogP contribution in [0.4, 0.5) is 0 Å². The van der Waals surface area contributed by atoms with Crippen LogP contribution in [0.1, 0.15) is 18.4 Å². The molecule has 2 aromatic rings. The van der Waals surface area contributed by atoms with E-state index in [0.29, 0.717) is 0 Å². The van der Waals surface area contributed by atoms with Gasteiger partial charge in [0.25, 0.3) is 0 Å². The van der Waals surface area contributed by atoms with Gasteiger partial charge in [-0.15, -0.1) is 0 Å². The highest BCUT2D eigenvalue weighted by Gasteiger charge is 2.44. The lowest BCUT2D eigenvalue weighted by molar-refractivity contribution is 0.909. The molecule has 2 aromatic carbocycles. The molecule has 0 unspecified atom stereocenters. The van der Waals surface area contributed by atoms with Crippen molar-refractivity contribution in [3.05, 3.63) is 59.1 Å². The molecule has 0 bridgehead atoms. The van der Waals surface area contributed by atoms with Gasteiger partial charge in [-0.1, -0.05) is 41.9 Å². The van der Waals surface area contributed by atoms with E-state index in [1.54, 1.807) is 0 Å². The van der Waals surface area contributed by atoms with Gasteiger partial charge >= 0.3 is 0 Å². The fourth-order valence-electron chi connectivity index (χ4n) is 2.23. The van der Waals surface area contributed by atoms with E-state index < -0.39 is 0 Å². The van der Waals surface area contributed by atoms with Gasteiger partial charge in [0, 0.05) is 5.02 Å². The quantitative estimate of drug-likeness (QED) is 0.770. The van der Waals surface area contributed by atoms with Crippen molar-refractivity contribution in [3.8, 4) is 17.2 Å². The lowest BCUT2D eigenvalue weighted by Gasteiger charge is -2.09. The Morgan fingerprint density at radius 2 is 1.72 bits per heavy atom. The molecule has 0 aromatic heterocycles. The molecular weight excluding hydrogens is 242 g/mol. The third-order valence-electron chi connectivity index (χ3n) is 3.56. The molecule has 0 atom stereocenters. The maximum atomic E-state index is 9.24. The number of nitrogens with zero attached hydrogens (tertiary/aromatic N) is 1. The Morgan fingerprint density at radius 1 is 1.00 bits per heavy atom. The summed E-state index contributed by atoms with van der Waals surface area (Å²) < 4.78 is 0. The second-order valence-electron chi connectivity index (χ2n) is 4.78. The summed E-state index contributed by atoms with van der Waals surface area (Å²) in [6.07, 6.45) is 1.96. The molecule has 1 saturated carbocycles. The molecule has 1 nitrogen and oxygen atoms in total. The van der Waals surface area contributed by atoms with E-state index in [1.165, 1.54) is 0 Å². The van der Waals surface area contributed by atoms with Crippen molar-refractivity contribution in [2.45, 2.75) is 18.3 Å². The number of rotatable bonds is 2. The maximum Gasteiger partial charge on any atom is 0.0824 e. The molecule has 0 saturated heterocycles. The van der Waals surface area contributed by atoms with Crippen LogP contribution < -0.4 is 0 Å². The number of nitriles is 1. The van der Waals surface area contributed by atoms with Crippen molar-refractivity contribution in [2.24, 2.45) is 0 Å². The summed E-state index contributed by atoms with van der Waals surface area (Å²) in [5.41, 5.74) is 3.20. The first-order chi connectivity index (χ1) is 8.73. The molecule has 0 amide bonds. The highest BCUT2D eigenvalue weighted by molar-refractivity contribution is 6.30. The summed E-state index contributed by atoms with van der Waals surface area (Å²) in [7, 11) is 0. The lowest BCUT2D eigenvalue weighted by Crippen LogP contribution is -2.02. The standard InChI is InChI=1S/C16H12ClN/c17-15-6-4-12(5-7-15)13-2-1-3-14(10-13)16(11-18)8-9-16/h1-7,10H,8-9H2. The summed E-state index contributed by atoms with van der Waals surface area (Å²) in [5, 5.41) is 9.98. The third kappa shape index (κ3) is 1.89. The highest BCUT2D eigenvalue weighted by Crippen LogP contribution is 2.48. The second-order valence-corrected chi connectivity index (χ2v) is 5.22. The fraction of sp³-hybridized carbons (Fsp3) is 0.188. The van der Waals surface area contributed by atoms with Crippen LogP contribution in [-0.4, -0.2) is 0 Å². The smallest absolute Gasteiger partial charge is 0.0824 e. The second kappa shape index (κ2) is 4.15. The van der Waals surface area contributed by atoms with Crippen molar-refractivity contribution in [1.82, 2.24) is 0 Å². The van der Waals surface area contributed by atoms with Crippen LogP contribution in [-0.2, 0) is 5.41 Å². The zero-order valence-electron chi connectivity index (χ0n) is 9.86. The average Bonchev–Trinajstić information content (AvgIpc) is 3.21. The van der Waals surface area contributed by atoms with Gasteiger partial charge in [0.2, 0.25) is 0 Å². The Labute approximate surface area is 112 Å². The van der Waals surface area contributed by atoms with E-state index in [0.717, 1.165) is 34.6 Å².